The molecule has 0 spiro atoms. The van der Waals surface area contributed by atoms with Gasteiger partial charge in [-0.1, -0.05) is 11.3 Å². The Balaban J connectivity index is 1.75. The fourth-order valence-electron chi connectivity index (χ4n) is 1.94. The SMILES string of the molecule is CC(=O)c1c[nH]c(C(=O)OCc2nn3c(=O)cc(C)nc3s2)c1. The van der Waals surface area contributed by atoms with E-state index in [-0.39, 0.29) is 23.6 Å². The minimum absolute atomic E-state index is 0.0836. The van der Waals surface area contributed by atoms with Gasteiger partial charge in [0, 0.05) is 23.5 Å². The molecule has 0 radical (unpaired) electrons. The number of nitrogens with one attached hydrogen (secondary N) is 1. The Labute approximate surface area is 133 Å². The Morgan fingerprint density at radius 1 is 1.39 bits per heavy atom. The zero-order chi connectivity index (χ0) is 16.6. The number of esters is 1. The highest BCUT2D eigenvalue weighted by molar-refractivity contribution is 7.16. The Morgan fingerprint density at radius 2 is 2.17 bits per heavy atom. The molecule has 8 nitrogen and oxygen atoms in total. The van der Waals surface area contributed by atoms with E-state index >= 15 is 0 Å². The third-order valence-corrected chi connectivity index (χ3v) is 3.93. The summed E-state index contributed by atoms with van der Waals surface area (Å²) in [4.78, 5) is 42.2. The number of aryl methyl sites for hydroxylation is 1. The molecule has 0 aliphatic rings. The highest BCUT2D eigenvalue weighted by Gasteiger charge is 2.14. The maximum absolute atomic E-state index is 11.9. The molecule has 23 heavy (non-hydrogen) atoms. The van der Waals surface area contributed by atoms with Gasteiger partial charge in [-0.15, -0.1) is 0 Å². The van der Waals surface area contributed by atoms with Gasteiger partial charge in [0.25, 0.3) is 5.56 Å². The Hall–Kier alpha value is -2.81. The van der Waals surface area contributed by atoms with Crippen molar-refractivity contribution in [2.24, 2.45) is 0 Å². The normalized spacial score (nSPS) is 10.9. The van der Waals surface area contributed by atoms with E-state index in [2.05, 4.69) is 15.1 Å². The summed E-state index contributed by atoms with van der Waals surface area (Å²) in [5.41, 5.74) is 0.910. The van der Waals surface area contributed by atoms with Gasteiger partial charge in [-0.2, -0.15) is 9.61 Å². The van der Waals surface area contributed by atoms with Gasteiger partial charge in [0.15, 0.2) is 10.8 Å². The van der Waals surface area contributed by atoms with Crippen LogP contribution in [0.1, 0.15) is 38.5 Å². The number of nitrogens with zero attached hydrogens (tertiary/aromatic N) is 3. The number of aromatic amines is 1. The van der Waals surface area contributed by atoms with E-state index in [1.807, 2.05) is 0 Å². The first kappa shape index (κ1) is 15.1. The molecular weight excluding hydrogens is 320 g/mol. The van der Waals surface area contributed by atoms with Gasteiger partial charge < -0.3 is 9.72 Å². The lowest BCUT2D eigenvalue weighted by Gasteiger charge is -1.99. The lowest BCUT2D eigenvalue weighted by molar-refractivity contribution is 0.0465. The van der Waals surface area contributed by atoms with Gasteiger partial charge in [0.05, 0.1) is 0 Å². The molecule has 0 fully saturated rings. The van der Waals surface area contributed by atoms with E-state index in [0.29, 0.717) is 21.2 Å². The van der Waals surface area contributed by atoms with Gasteiger partial charge >= 0.3 is 5.97 Å². The molecule has 0 aliphatic carbocycles. The number of hydrogen-bond acceptors (Lipinski definition) is 7. The summed E-state index contributed by atoms with van der Waals surface area (Å²) in [6.07, 6.45) is 1.45. The van der Waals surface area contributed by atoms with Gasteiger partial charge in [0.1, 0.15) is 12.3 Å². The van der Waals surface area contributed by atoms with Crippen molar-refractivity contribution < 1.29 is 14.3 Å². The lowest BCUT2D eigenvalue weighted by atomic mass is 10.2. The number of aromatic nitrogens is 4. The molecule has 3 heterocycles. The molecule has 0 bridgehead atoms. The van der Waals surface area contributed by atoms with Gasteiger partial charge in [-0.3, -0.25) is 9.59 Å². The van der Waals surface area contributed by atoms with Crippen LogP contribution in [0, 0.1) is 6.92 Å². The molecule has 0 aliphatic heterocycles. The van der Waals surface area contributed by atoms with Crippen LogP contribution in [0.4, 0.5) is 0 Å². The zero-order valence-electron chi connectivity index (χ0n) is 12.3. The van der Waals surface area contributed by atoms with E-state index in [4.69, 9.17) is 4.74 Å². The number of H-pyrrole nitrogens is 1. The fourth-order valence-corrected chi connectivity index (χ4v) is 2.80. The van der Waals surface area contributed by atoms with Crippen LogP contribution < -0.4 is 5.56 Å². The van der Waals surface area contributed by atoms with Crippen molar-refractivity contribution in [1.82, 2.24) is 19.6 Å². The second kappa shape index (κ2) is 5.76. The largest absolute Gasteiger partial charge is 0.454 e. The number of hydrogen-bond donors (Lipinski definition) is 1. The number of ether oxygens (including phenoxy) is 1. The summed E-state index contributed by atoms with van der Waals surface area (Å²) in [6.45, 7) is 3.05. The number of carbonyl (C=O) groups is 2. The summed E-state index contributed by atoms with van der Waals surface area (Å²) < 4.78 is 6.30. The maximum Gasteiger partial charge on any atom is 0.355 e. The molecule has 0 aromatic carbocycles. The van der Waals surface area contributed by atoms with Crippen molar-refractivity contribution in [3.05, 3.63) is 50.6 Å². The summed E-state index contributed by atoms with van der Waals surface area (Å²) >= 11 is 1.17. The van der Waals surface area contributed by atoms with Crippen LogP contribution in [0.2, 0.25) is 0 Å². The third-order valence-electron chi connectivity index (χ3n) is 3.05. The minimum atomic E-state index is -0.603. The molecule has 3 aromatic rings. The van der Waals surface area contributed by atoms with E-state index in [1.54, 1.807) is 6.92 Å². The Kier molecular flexibility index (Phi) is 3.78. The summed E-state index contributed by atoms with van der Waals surface area (Å²) in [5.74, 6) is -0.750. The van der Waals surface area contributed by atoms with Crippen molar-refractivity contribution >= 4 is 28.1 Å². The maximum atomic E-state index is 11.9. The molecule has 0 atom stereocenters. The molecule has 0 amide bonds. The molecular formula is C14H12N4O4S. The summed E-state index contributed by atoms with van der Waals surface area (Å²) in [5, 5.41) is 4.52. The average molecular weight is 332 g/mol. The molecule has 1 N–H and O–H groups in total. The van der Waals surface area contributed by atoms with Crippen molar-refractivity contribution in [3.8, 4) is 0 Å². The number of ketones is 1. The molecule has 0 saturated carbocycles. The minimum Gasteiger partial charge on any atom is -0.454 e. The predicted octanol–water partition coefficient (Wildman–Crippen LogP) is 1.35. The van der Waals surface area contributed by atoms with Crippen LogP contribution in [0.5, 0.6) is 0 Å². The molecule has 3 aromatic heterocycles. The van der Waals surface area contributed by atoms with Crippen LogP contribution in [0.25, 0.3) is 4.96 Å². The van der Waals surface area contributed by atoms with E-state index in [1.165, 1.54) is 41.1 Å². The Bertz CT molecular complexity index is 969. The second-order valence-electron chi connectivity index (χ2n) is 4.86. The first-order valence-corrected chi connectivity index (χ1v) is 7.48. The first-order valence-electron chi connectivity index (χ1n) is 6.67. The fraction of sp³-hybridized carbons (Fsp3) is 0.214. The van der Waals surface area contributed by atoms with Crippen molar-refractivity contribution in [2.45, 2.75) is 20.5 Å². The average Bonchev–Trinajstić information content (AvgIpc) is 3.11. The van der Waals surface area contributed by atoms with Crippen molar-refractivity contribution in [2.75, 3.05) is 0 Å². The van der Waals surface area contributed by atoms with Gasteiger partial charge in [-0.05, 0) is 19.9 Å². The van der Waals surface area contributed by atoms with E-state index in [0.717, 1.165) is 0 Å². The molecule has 9 heteroatoms. The van der Waals surface area contributed by atoms with Gasteiger partial charge in [-0.25, -0.2) is 9.78 Å². The zero-order valence-corrected chi connectivity index (χ0v) is 13.1. The van der Waals surface area contributed by atoms with Crippen LogP contribution in [-0.2, 0) is 11.3 Å². The Morgan fingerprint density at radius 3 is 2.87 bits per heavy atom. The topological polar surface area (TPSA) is 106 Å². The predicted molar refractivity (Wildman–Crippen MR) is 81.8 cm³/mol. The lowest BCUT2D eigenvalue weighted by Crippen LogP contribution is -2.14. The van der Waals surface area contributed by atoms with Gasteiger partial charge in [0.2, 0.25) is 4.96 Å². The molecule has 0 saturated heterocycles. The summed E-state index contributed by atoms with van der Waals surface area (Å²) in [6, 6.07) is 2.81. The van der Waals surface area contributed by atoms with Crippen LogP contribution in [0.3, 0.4) is 0 Å². The standard InChI is InChI=1S/C14H12N4O4S/c1-7-3-12(20)18-14(16-7)23-11(17-18)6-22-13(21)10-4-9(5-15-10)8(2)19/h3-5,15H,6H2,1-2H3. The van der Waals surface area contributed by atoms with E-state index in [9.17, 15) is 14.4 Å². The van der Waals surface area contributed by atoms with Crippen LogP contribution >= 0.6 is 11.3 Å². The number of fused-ring (bicyclic) bond motifs is 1. The van der Waals surface area contributed by atoms with E-state index < -0.39 is 5.97 Å². The highest BCUT2D eigenvalue weighted by atomic mass is 32.1. The molecule has 3 rings (SSSR count). The van der Waals surface area contributed by atoms with Crippen molar-refractivity contribution in [1.29, 1.82) is 0 Å². The number of carbonyl (C=O) groups excluding carboxylic acids is 2. The molecule has 0 unspecified atom stereocenters. The van der Waals surface area contributed by atoms with Crippen LogP contribution in [-0.4, -0.2) is 31.3 Å². The smallest absolute Gasteiger partial charge is 0.355 e. The molecule has 118 valence electrons. The number of Topliss-reactive ketones (excluding diaryl/α,β-unsaturated/α-hetero) is 1. The van der Waals surface area contributed by atoms with Crippen LogP contribution in [0.15, 0.2) is 23.1 Å². The second-order valence-corrected chi connectivity index (χ2v) is 5.90. The number of rotatable bonds is 4. The quantitative estimate of drug-likeness (QED) is 0.571. The highest BCUT2D eigenvalue weighted by Crippen LogP contribution is 2.13. The first-order chi connectivity index (χ1) is 10.9. The monoisotopic (exact) mass is 332 g/mol. The van der Waals surface area contributed by atoms with Crippen molar-refractivity contribution in [3.63, 3.8) is 0 Å². The third kappa shape index (κ3) is 3.04. The summed E-state index contributed by atoms with van der Waals surface area (Å²) in [7, 11) is 0.